The Morgan fingerprint density at radius 2 is 1.73 bits per heavy atom. The maximum absolute atomic E-state index is 13.6. The van der Waals surface area contributed by atoms with Crippen molar-refractivity contribution in [3.63, 3.8) is 0 Å². The van der Waals surface area contributed by atoms with E-state index in [4.69, 9.17) is 9.15 Å². The lowest BCUT2D eigenvalue weighted by molar-refractivity contribution is 0.337. The topological polar surface area (TPSA) is 72.6 Å². The number of rotatable bonds is 5. The van der Waals surface area contributed by atoms with Gasteiger partial charge in [-0.25, -0.2) is 22.2 Å². The molecule has 1 aromatic heterocycles. The number of benzene rings is 3. The summed E-state index contributed by atoms with van der Waals surface area (Å²) in [5.41, 5.74) is 2.16. The van der Waals surface area contributed by atoms with Gasteiger partial charge in [-0.15, -0.1) is 0 Å². The Labute approximate surface area is 189 Å². The SMILES string of the molecule is COc1ccc(S(=O)(=O)N2CCC[C@@H]2c2nc3cc(-c4ccc(F)c(F)c4)ccc3o2)cc1. The van der Waals surface area contributed by atoms with Crippen molar-refractivity contribution in [1.82, 2.24) is 9.29 Å². The summed E-state index contributed by atoms with van der Waals surface area (Å²) < 4.78 is 65.9. The fourth-order valence-electron chi connectivity index (χ4n) is 4.10. The summed E-state index contributed by atoms with van der Waals surface area (Å²) in [6, 6.07) is 14.5. The summed E-state index contributed by atoms with van der Waals surface area (Å²) in [6.45, 7) is 0.359. The van der Waals surface area contributed by atoms with E-state index in [9.17, 15) is 17.2 Å². The number of fused-ring (bicyclic) bond motifs is 1. The van der Waals surface area contributed by atoms with E-state index in [-0.39, 0.29) is 4.90 Å². The van der Waals surface area contributed by atoms with E-state index in [2.05, 4.69) is 4.98 Å². The van der Waals surface area contributed by atoms with Gasteiger partial charge in [0.25, 0.3) is 0 Å². The van der Waals surface area contributed by atoms with Gasteiger partial charge >= 0.3 is 0 Å². The molecule has 0 bridgehead atoms. The molecule has 2 heterocycles. The molecule has 1 fully saturated rings. The Balaban J connectivity index is 1.48. The van der Waals surface area contributed by atoms with Gasteiger partial charge in [0.1, 0.15) is 17.3 Å². The second-order valence-corrected chi connectivity index (χ2v) is 9.70. The summed E-state index contributed by atoms with van der Waals surface area (Å²) in [5.74, 6) is -0.966. The minimum Gasteiger partial charge on any atom is -0.497 e. The highest BCUT2D eigenvalue weighted by molar-refractivity contribution is 7.89. The van der Waals surface area contributed by atoms with Gasteiger partial charge in [0.2, 0.25) is 15.9 Å². The molecule has 0 aliphatic carbocycles. The Bertz CT molecular complexity index is 1430. The van der Waals surface area contributed by atoms with Crippen molar-refractivity contribution < 1.29 is 26.4 Å². The molecule has 1 atom stereocenters. The lowest BCUT2D eigenvalue weighted by Gasteiger charge is -2.21. The largest absolute Gasteiger partial charge is 0.497 e. The van der Waals surface area contributed by atoms with Crippen molar-refractivity contribution in [2.75, 3.05) is 13.7 Å². The normalized spacial score (nSPS) is 17.0. The first-order valence-corrected chi connectivity index (χ1v) is 11.8. The van der Waals surface area contributed by atoms with E-state index >= 15 is 0 Å². The van der Waals surface area contributed by atoms with Crippen LogP contribution in [0.4, 0.5) is 8.78 Å². The molecule has 1 aliphatic heterocycles. The lowest BCUT2D eigenvalue weighted by Crippen LogP contribution is -2.30. The highest BCUT2D eigenvalue weighted by Gasteiger charge is 2.39. The molecule has 0 spiro atoms. The molecule has 0 radical (unpaired) electrons. The summed E-state index contributed by atoms with van der Waals surface area (Å²) in [4.78, 5) is 4.72. The molecule has 0 amide bonds. The van der Waals surface area contributed by atoms with E-state index in [1.54, 1.807) is 30.3 Å². The van der Waals surface area contributed by atoms with E-state index in [0.717, 1.165) is 12.1 Å². The predicted octanol–water partition coefficient (Wildman–Crippen LogP) is 5.31. The van der Waals surface area contributed by atoms with Gasteiger partial charge in [-0.1, -0.05) is 12.1 Å². The Kier molecular flexibility index (Phi) is 5.38. The third kappa shape index (κ3) is 3.87. The standard InChI is InChI=1S/C24H20F2N2O4S/c1-31-17-6-8-18(9-7-17)33(29,30)28-12-2-3-22(28)24-27-21-14-16(5-11-23(21)32-24)15-4-10-19(25)20(26)13-15/h4-11,13-14,22H,2-3,12H2,1H3/t22-/m1/s1. The first kappa shape index (κ1) is 21.5. The summed E-state index contributed by atoms with van der Waals surface area (Å²) in [5, 5.41) is 0. The molecule has 1 aliphatic rings. The third-order valence-electron chi connectivity index (χ3n) is 5.81. The Morgan fingerprint density at radius 1 is 1.00 bits per heavy atom. The van der Waals surface area contributed by atoms with Crippen LogP contribution in [0.25, 0.3) is 22.2 Å². The first-order valence-electron chi connectivity index (χ1n) is 10.4. The van der Waals surface area contributed by atoms with Crippen LogP contribution >= 0.6 is 0 Å². The van der Waals surface area contributed by atoms with Gasteiger partial charge in [0.15, 0.2) is 17.2 Å². The summed E-state index contributed by atoms with van der Waals surface area (Å²) in [6.07, 6.45) is 1.26. The minimum absolute atomic E-state index is 0.173. The van der Waals surface area contributed by atoms with Crippen molar-refractivity contribution in [3.8, 4) is 16.9 Å². The second-order valence-electron chi connectivity index (χ2n) is 7.81. The van der Waals surface area contributed by atoms with Gasteiger partial charge in [0, 0.05) is 6.54 Å². The highest BCUT2D eigenvalue weighted by atomic mass is 32.2. The van der Waals surface area contributed by atoms with Gasteiger partial charge in [-0.2, -0.15) is 4.31 Å². The van der Waals surface area contributed by atoms with Crippen molar-refractivity contribution in [2.45, 2.75) is 23.8 Å². The van der Waals surface area contributed by atoms with Gasteiger partial charge in [-0.05, 0) is 72.5 Å². The molecule has 1 saturated heterocycles. The van der Waals surface area contributed by atoms with Crippen LogP contribution in [-0.4, -0.2) is 31.4 Å². The van der Waals surface area contributed by atoms with E-state index < -0.39 is 27.7 Å². The quantitative estimate of drug-likeness (QED) is 0.395. The van der Waals surface area contributed by atoms with Crippen LogP contribution < -0.4 is 4.74 Å². The smallest absolute Gasteiger partial charge is 0.243 e. The van der Waals surface area contributed by atoms with Gasteiger partial charge in [0.05, 0.1) is 12.0 Å². The van der Waals surface area contributed by atoms with Crippen LogP contribution in [0.15, 0.2) is 70.0 Å². The van der Waals surface area contributed by atoms with E-state index in [1.165, 1.54) is 29.6 Å². The van der Waals surface area contributed by atoms with Crippen molar-refractivity contribution >= 4 is 21.1 Å². The Morgan fingerprint density at radius 3 is 2.45 bits per heavy atom. The second kappa shape index (κ2) is 8.24. The minimum atomic E-state index is -3.76. The molecule has 5 rings (SSSR count). The zero-order valence-electron chi connectivity index (χ0n) is 17.7. The monoisotopic (exact) mass is 470 g/mol. The molecular weight excluding hydrogens is 450 g/mol. The Hall–Kier alpha value is -3.30. The van der Waals surface area contributed by atoms with Crippen LogP contribution in [0, 0.1) is 11.6 Å². The third-order valence-corrected chi connectivity index (χ3v) is 7.73. The number of halogens is 2. The fourth-order valence-corrected chi connectivity index (χ4v) is 5.75. The van der Waals surface area contributed by atoms with Gasteiger partial charge < -0.3 is 9.15 Å². The summed E-state index contributed by atoms with van der Waals surface area (Å²) >= 11 is 0. The number of sulfonamides is 1. The molecule has 0 N–H and O–H groups in total. The average molecular weight is 470 g/mol. The first-order chi connectivity index (χ1) is 15.9. The van der Waals surface area contributed by atoms with Crippen LogP contribution in [0.3, 0.4) is 0 Å². The molecule has 4 aromatic rings. The van der Waals surface area contributed by atoms with Gasteiger partial charge in [-0.3, -0.25) is 0 Å². The van der Waals surface area contributed by atoms with Crippen molar-refractivity contribution in [1.29, 1.82) is 0 Å². The maximum Gasteiger partial charge on any atom is 0.243 e. The predicted molar refractivity (Wildman–Crippen MR) is 118 cm³/mol. The van der Waals surface area contributed by atoms with Crippen LogP contribution in [0.1, 0.15) is 24.8 Å². The number of nitrogens with zero attached hydrogens (tertiary/aromatic N) is 2. The average Bonchev–Trinajstić information content (AvgIpc) is 3.48. The van der Waals surface area contributed by atoms with E-state index in [1.807, 2.05) is 0 Å². The van der Waals surface area contributed by atoms with E-state index in [0.29, 0.717) is 53.3 Å². The fraction of sp³-hybridized carbons (Fsp3) is 0.208. The number of oxazole rings is 1. The molecule has 9 heteroatoms. The highest BCUT2D eigenvalue weighted by Crippen LogP contribution is 2.38. The van der Waals surface area contributed by atoms with Crippen LogP contribution in [0.5, 0.6) is 5.75 Å². The van der Waals surface area contributed by atoms with Crippen LogP contribution in [0.2, 0.25) is 0 Å². The molecule has 3 aromatic carbocycles. The molecule has 170 valence electrons. The lowest BCUT2D eigenvalue weighted by atomic mass is 10.1. The van der Waals surface area contributed by atoms with Crippen molar-refractivity contribution in [2.24, 2.45) is 0 Å². The molecule has 33 heavy (non-hydrogen) atoms. The van der Waals surface area contributed by atoms with Crippen LogP contribution in [-0.2, 0) is 10.0 Å². The molecule has 0 saturated carbocycles. The number of aromatic nitrogens is 1. The maximum atomic E-state index is 13.6. The number of hydrogen-bond donors (Lipinski definition) is 0. The molecular formula is C24H20F2N2O4S. The number of ether oxygens (including phenoxy) is 1. The number of hydrogen-bond acceptors (Lipinski definition) is 5. The molecule has 6 nitrogen and oxygen atoms in total. The summed E-state index contributed by atoms with van der Waals surface area (Å²) in [7, 11) is -2.24. The molecule has 0 unspecified atom stereocenters. The zero-order valence-corrected chi connectivity index (χ0v) is 18.5. The van der Waals surface area contributed by atoms with Crippen molar-refractivity contribution in [3.05, 3.63) is 78.2 Å². The zero-order chi connectivity index (χ0) is 23.2. The number of methoxy groups -OCH3 is 1.